The Morgan fingerprint density at radius 2 is 1.81 bits per heavy atom. The Kier molecular flexibility index (Phi) is 4.54. The molecular formula is C19H20N2O5. The summed E-state index contributed by atoms with van der Waals surface area (Å²) in [6.07, 6.45) is 1.54. The molecule has 1 heterocycles. The Labute approximate surface area is 150 Å². The average molecular weight is 356 g/mol. The molecule has 136 valence electrons. The lowest BCUT2D eigenvalue weighted by Crippen LogP contribution is -2.22. The van der Waals surface area contributed by atoms with Crippen molar-refractivity contribution in [1.29, 1.82) is 0 Å². The molecule has 0 aliphatic heterocycles. The van der Waals surface area contributed by atoms with Crippen molar-refractivity contribution in [3.05, 3.63) is 54.0 Å². The SMILES string of the molecule is CC1(C)[C@H](C(=O)O)[C@H]1C(=O)Nc1ccc(C(=O)NCc2ccco2)cc1. The topological polar surface area (TPSA) is 109 Å². The summed E-state index contributed by atoms with van der Waals surface area (Å²) in [5.74, 6) is -2.11. The largest absolute Gasteiger partial charge is 0.481 e. The van der Waals surface area contributed by atoms with Gasteiger partial charge in [0, 0.05) is 11.3 Å². The monoisotopic (exact) mass is 356 g/mol. The van der Waals surface area contributed by atoms with Crippen molar-refractivity contribution in [2.45, 2.75) is 20.4 Å². The summed E-state index contributed by atoms with van der Waals surface area (Å²) in [4.78, 5) is 35.6. The maximum atomic E-state index is 12.3. The van der Waals surface area contributed by atoms with Crippen molar-refractivity contribution < 1.29 is 23.9 Å². The summed E-state index contributed by atoms with van der Waals surface area (Å²) in [5, 5.41) is 14.6. The molecular weight excluding hydrogens is 336 g/mol. The molecule has 0 spiro atoms. The second-order valence-electron chi connectivity index (χ2n) is 6.94. The fraction of sp³-hybridized carbons (Fsp3) is 0.316. The zero-order valence-corrected chi connectivity index (χ0v) is 14.5. The maximum absolute atomic E-state index is 12.3. The van der Waals surface area contributed by atoms with E-state index in [0.717, 1.165) is 0 Å². The van der Waals surface area contributed by atoms with E-state index in [0.29, 0.717) is 17.0 Å². The van der Waals surface area contributed by atoms with E-state index in [1.54, 1.807) is 50.2 Å². The average Bonchev–Trinajstić information content (AvgIpc) is 2.94. The van der Waals surface area contributed by atoms with E-state index in [2.05, 4.69) is 10.6 Å². The number of benzene rings is 1. The molecule has 0 unspecified atom stereocenters. The van der Waals surface area contributed by atoms with Gasteiger partial charge < -0.3 is 20.2 Å². The van der Waals surface area contributed by atoms with Crippen LogP contribution in [0, 0.1) is 17.3 Å². The van der Waals surface area contributed by atoms with E-state index in [1.807, 2.05) is 0 Å². The first-order chi connectivity index (χ1) is 12.3. The quantitative estimate of drug-likeness (QED) is 0.737. The summed E-state index contributed by atoms with van der Waals surface area (Å²) >= 11 is 0. The summed E-state index contributed by atoms with van der Waals surface area (Å²) < 4.78 is 5.15. The van der Waals surface area contributed by atoms with Crippen molar-refractivity contribution in [2.75, 3.05) is 5.32 Å². The number of aliphatic carboxylic acids is 1. The van der Waals surface area contributed by atoms with Crippen LogP contribution in [0.3, 0.4) is 0 Å². The Morgan fingerprint density at radius 1 is 1.12 bits per heavy atom. The van der Waals surface area contributed by atoms with Crippen LogP contribution < -0.4 is 10.6 Å². The first-order valence-corrected chi connectivity index (χ1v) is 8.25. The van der Waals surface area contributed by atoms with Gasteiger partial charge in [0.05, 0.1) is 24.6 Å². The van der Waals surface area contributed by atoms with E-state index in [9.17, 15) is 14.4 Å². The Balaban J connectivity index is 1.57. The van der Waals surface area contributed by atoms with E-state index in [-0.39, 0.29) is 18.4 Å². The molecule has 1 aromatic heterocycles. The Morgan fingerprint density at radius 3 is 2.35 bits per heavy atom. The second kappa shape index (κ2) is 6.67. The van der Waals surface area contributed by atoms with Gasteiger partial charge in [0.15, 0.2) is 0 Å². The standard InChI is InChI=1S/C19H20N2O5/c1-19(2)14(15(19)18(24)25)17(23)21-12-7-5-11(6-8-12)16(22)20-10-13-4-3-9-26-13/h3-9,14-15H,10H2,1-2H3,(H,20,22)(H,21,23)(H,24,25)/t14-,15-/m0/s1. The molecule has 0 bridgehead atoms. The molecule has 0 saturated heterocycles. The van der Waals surface area contributed by atoms with Crippen LogP contribution in [0.4, 0.5) is 5.69 Å². The highest BCUT2D eigenvalue weighted by molar-refractivity contribution is 6.00. The maximum Gasteiger partial charge on any atom is 0.307 e. The molecule has 2 atom stereocenters. The predicted molar refractivity (Wildman–Crippen MR) is 93.3 cm³/mol. The molecule has 7 heteroatoms. The number of anilines is 1. The minimum atomic E-state index is -0.960. The number of carboxylic acid groups (broad SMARTS) is 1. The summed E-state index contributed by atoms with van der Waals surface area (Å²) in [6, 6.07) is 9.94. The van der Waals surface area contributed by atoms with Gasteiger partial charge in [-0.15, -0.1) is 0 Å². The van der Waals surface area contributed by atoms with E-state index in [4.69, 9.17) is 9.52 Å². The smallest absolute Gasteiger partial charge is 0.307 e. The van der Waals surface area contributed by atoms with E-state index in [1.165, 1.54) is 6.26 Å². The van der Waals surface area contributed by atoms with Crippen molar-refractivity contribution >= 4 is 23.5 Å². The number of nitrogens with one attached hydrogen (secondary N) is 2. The molecule has 3 rings (SSSR count). The van der Waals surface area contributed by atoms with Crippen LogP contribution in [-0.2, 0) is 16.1 Å². The molecule has 3 N–H and O–H groups in total. The van der Waals surface area contributed by atoms with E-state index >= 15 is 0 Å². The fourth-order valence-electron chi connectivity index (χ4n) is 3.20. The van der Waals surface area contributed by atoms with Gasteiger partial charge in [-0.05, 0) is 41.8 Å². The second-order valence-corrected chi connectivity index (χ2v) is 6.94. The lowest BCUT2D eigenvalue weighted by Gasteiger charge is -2.08. The molecule has 2 aromatic rings. The fourth-order valence-corrected chi connectivity index (χ4v) is 3.20. The minimum absolute atomic E-state index is 0.256. The van der Waals surface area contributed by atoms with Gasteiger partial charge in [-0.2, -0.15) is 0 Å². The van der Waals surface area contributed by atoms with Crippen LogP contribution in [0.1, 0.15) is 30.0 Å². The number of hydrogen-bond donors (Lipinski definition) is 3. The highest BCUT2D eigenvalue weighted by Crippen LogP contribution is 2.58. The van der Waals surface area contributed by atoms with Gasteiger partial charge in [0.25, 0.3) is 5.91 Å². The molecule has 1 fully saturated rings. The number of hydrogen-bond acceptors (Lipinski definition) is 4. The van der Waals surface area contributed by atoms with Crippen LogP contribution in [0.25, 0.3) is 0 Å². The van der Waals surface area contributed by atoms with Gasteiger partial charge in [-0.25, -0.2) is 0 Å². The van der Waals surface area contributed by atoms with Crippen molar-refractivity contribution in [2.24, 2.45) is 17.3 Å². The lowest BCUT2D eigenvalue weighted by molar-refractivity contribution is -0.140. The molecule has 7 nitrogen and oxygen atoms in total. The third kappa shape index (κ3) is 3.46. The number of furan rings is 1. The number of carbonyl (C=O) groups is 3. The highest BCUT2D eigenvalue weighted by atomic mass is 16.4. The lowest BCUT2D eigenvalue weighted by atomic mass is 10.1. The molecule has 0 radical (unpaired) electrons. The third-order valence-corrected chi connectivity index (χ3v) is 4.79. The van der Waals surface area contributed by atoms with E-state index < -0.39 is 23.2 Å². The molecule has 26 heavy (non-hydrogen) atoms. The van der Waals surface area contributed by atoms with Gasteiger partial charge in [0.1, 0.15) is 5.76 Å². The predicted octanol–water partition coefficient (Wildman–Crippen LogP) is 2.50. The number of carboxylic acids is 1. The third-order valence-electron chi connectivity index (χ3n) is 4.79. The van der Waals surface area contributed by atoms with Gasteiger partial charge >= 0.3 is 5.97 Å². The summed E-state index contributed by atoms with van der Waals surface area (Å²) in [6.45, 7) is 3.82. The number of amides is 2. The molecule has 1 aliphatic rings. The van der Waals surface area contributed by atoms with Gasteiger partial charge in [0.2, 0.25) is 5.91 Å². The zero-order valence-electron chi connectivity index (χ0n) is 14.5. The summed E-state index contributed by atoms with van der Waals surface area (Å²) in [5.41, 5.74) is 0.413. The Hall–Kier alpha value is -3.09. The van der Waals surface area contributed by atoms with Crippen LogP contribution >= 0.6 is 0 Å². The first-order valence-electron chi connectivity index (χ1n) is 8.25. The van der Waals surface area contributed by atoms with Crippen LogP contribution in [0.5, 0.6) is 0 Å². The highest BCUT2D eigenvalue weighted by Gasteiger charge is 2.65. The molecule has 1 saturated carbocycles. The van der Waals surface area contributed by atoms with Crippen molar-refractivity contribution in [1.82, 2.24) is 5.32 Å². The van der Waals surface area contributed by atoms with Crippen molar-refractivity contribution in [3.8, 4) is 0 Å². The molecule has 1 aromatic carbocycles. The van der Waals surface area contributed by atoms with Crippen molar-refractivity contribution in [3.63, 3.8) is 0 Å². The van der Waals surface area contributed by atoms with Gasteiger partial charge in [-0.3, -0.25) is 14.4 Å². The van der Waals surface area contributed by atoms with Crippen LogP contribution in [0.15, 0.2) is 47.1 Å². The van der Waals surface area contributed by atoms with Crippen LogP contribution in [-0.4, -0.2) is 22.9 Å². The molecule has 1 aliphatic carbocycles. The molecule has 2 amide bonds. The zero-order chi connectivity index (χ0) is 18.9. The minimum Gasteiger partial charge on any atom is -0.481 e. The normalized spacial score (nSPS) is 20.2. The van der Waals surface area contributed by atoms with Crippen LogP contribution in [0.2, 0.25) is 0 Å². The van der Waals surface area contributed by atoms with Gasteiger partial charge in [-0.1, -0.05) is 13.8 Å². The first kappa shape index (κ1) is 17.7. The summed E-state index contributed by atoms with van der Waals surface area (Å²) in [7, 11) is 0. The Bertz CT molecular complexity index is 824. The number of carbonyl (C=O) groups excluding carboxylic acids is 2. The number of rotatable bonds is 6.